The van der Waals surface area contributed by atoms with E-state index in [4.69, 9.17) is 4.74 Å². The minimum atomic E-state index is -0.145. The van der Waals surface area contributed by atoms with Gasteiger partial charge in [-0.1, -0.05) is 11.6 Å². The number of amides is 1. The van der Waals surface area contributed by atoms with Crippen LogP contribution in [0, 0.1) is 6.92 Å². The summed E-state index contributed by atoms with van der Waals surface area (Å²) in [6.45, 7) is 2.01. The number of aryl methyl sites for hydroxylation is 2. The molecule has 0 radical (unpaired) electrons. The monoisotopic (exact) mass is 336 g/mol. The van der Waals surface area contributed by atoms with Crippen molar-refractivity contribution in [2.24, 2.45) is 0 Å². The molecule has 0 spiro atoms. The van der Waals surface area contributed by atoms with Crippen LogP contribution in [0.2, 0.25) is 0 Å². The summed E-state index contributed by atoms with van der Waals surface area (Å²) < 4.78 is 5.09. The molecule has 3 rings (SSSR count). The molecule has 0 fully saturated rings. The zero-order valence-corrected chi connectivity index (χ0v) is 14.3. The van der Waals surface area contributed by atoms with Crippen LogP contribution in [0.1, 0.15) is 17.5 Å². The largest absolute Gasteiger partial charge is 0.497 e. The highest BCUT2D eigenvalue weighted by Gasteiger charge is 2.08. The second kappa shape index (κ2) is 7.21. The van der Waals surface area contributed by atoms with Crippen LogP contribution in [0.4, 0.5) is 5.69 Å². The first-order valence-electron chi connectivity index (χ1n) is 8.11. The minimum Gasteiger partial charge on any atom is -0.497 e. The molecule has 1 aromatic heterocycles. The number of carbonyl (C=O) groups is 1. The molecule has 0 saturated heterocycles. The molecule has 0 unspecified atom stereocenters. The van der Waals surface area contributed by atoms with Crippen LogP contribution in [-0.4, -0.2) is 18.0 Å². The van der Waals surface area contributed by atoms with Crippen molar-refractivity contribution in [2.45, 2.75) is 19.8 Å². The van der Waals surface area contributed by atoms with Crippen molar-refractivity contribution in [2.75, 3.05) is 12.4 Å². The van der Waals surface area contributed by atoms with E-state index >= 15 is 0 Å². The van der Waals surface area contributed by atoms with Crippen LogP contribution >= 0.6 is 0 Å². The molecule has 0 atom stereocenters. The van der Waals surface area contributed by atoms with Crippen molar-refractivity contribution in [1.82, 2.24) is 4.98 Å². The predicted molar refractivity (Wildman–Crippen MR) is 99.3 cm³/mol. The Morgan fingerprint density at radius 1 is 1.12 bits per heavy atom. The van der Waals surface area contributed by atoms with Gasteiger partial charge >= 0.3 is 0 Å². The molecule has 0 aliphatic carbocycles. The van der Waals surface area contributed by atoms with Gasteiger partial charge in [0.05, 0.1) is 7.11 Å². The van der Waals surface area contributed by atoms with E-state index in [9.17, 15) is 9.59 Å². The maximum Gasteiger partial charge on any atom is 0.251 e. The lowest BCUT2D eigenvalue weighted by atomic mass is 10.1. The van der Waals surface area contributed by atoms with Gasteiger partial charge in [0, 0.05) is 23.2 Å². The Morgan fingerprint density at radius 2 is 1.88 bits per heavy atom. The van der Waals surface area contributed by atoms with Crippen LogP contribution in [0.15, 0.2) is 53.3 Å². The molecule has 1 heterocycles. The van der Waals surface area contributed by atoms with Gasteiger partial charge in [0.1, 0.15) is 5.75 Å². The second-order valence-corrected chi connectivity index (χ2v) is 5.99. The van der Waals surface area contributed by atoms with E-state index in [1.807, 2.05) is 31.2 Å². The van der Waals surface area contributed by atoms with E-state index in [-0.39, 0.29) is 17.9 Å². The first-order valence-corrected chi connectivity index (χ1v) is 8.11. The molecule has 128 valence electrons. The quantitative estimate of drug-likeness (QED) is 0.750. The highest BCUT2D eigenvalue weighted by molar-refractivity contribution is 5.91. The molecule has 3 aromatic rings. The van der Waals surface area contributed by atoms with Crippen LogP contribution in [0.5, 0.6) is 5.75 Å². The normalized spacial score (nSPS) is 10.6. The number of benzene rings is 2. The van der Waals surface area contributed by atoms with Crippen molar-refractivity contribution < 1.29 is 9.53 Å². The van der Waals surface area contributed by atoms with Gasteiger partial charge in [0.25, 0.3) is 5.56 Å². The Labute approximate surface area is 145 Å². The molecule has 1 amide bonds. The van der Waals surface area contributed by atoms with Crippen molar-refractivity contribution >= 4 is 22.5 Å². The highest BCUT2D eigenvalue weighted by Crippen LogP contribution is 2.16. The summed E-state index contributed by atoms with van der Waals surface area (Å²) in [6, 6.07) is 14.9. The number of rotatable bonds is 5. The van der Waals surface area contributed by atoms with Crippen molar-refractivity contribution in [3.05, 3.63) is 70.0 Å². The Kier molecular flexibility index (Phi) is 4.84. The van der Waals surface area contributed by atoms with Crippen LogP contribution in [0.3, 0.4) is 0 Å². The number of hydrogen-bond donors (Lipinski definition) is 2. The van der Waals surface area contributed by atoms with Crippen LogP contribution < -0.4 is 15.6 Å². The average Bonchev–Trinajstić information content (AvgIpc) is 2.61. The zero-order chi connectivity index (χ0) is 17.8. The predicted octanol–water partition coefficient (Wildman–Crippen LogP) is 3.42. The molecule has 0 aliphatic heterocycles. The maximum absolute atomic E-state index is 12.2. The van der Waals surface area contributed by atoms with Crippen LogP contribution in [-0.2, 0) is 11.2 Å². The fraction of sp³-hybridized carbons (Fsp3) is 0.200. The molecule has 0 bridgehead atoms. The number of hydrogen-bond acceptors (Lipinski definition) is 3. The SMILES string of the molecule is COc1ccc(NC(=O)CCc2cc3cc(C)ccc3[nH]c2=O)cc1. The van der Waals surface area contributed by atoms with Gasteiger partial charge in [0.2, 0.25) is 5.91 Å². The summed E-state index contributed by atoms with van der Waals surface area (Å²) >= 11 is 0. The number of carbonyl (C=O) groups excluding carboxylic acids is 1. The standard InChI is InChI=1S/C20H20N2O3/c1-13-3-9-18-15(11-13)12-14(20(24)22-18)4-10-19(23)21-16-5-7-17(25-2)8-6-16/h3,5-9,11-12H,4,10H2,1-2H3,(H,21,23)(H,22,24). The smallest absolute Gasteiger partial charge is 0.251 e. The third-order valence-electron chi connectivity index (χ3n) is 4.07. The lowest BCUT2D eigenvalue weighted by Crippen LogP contribution is -2.17. The van der Waals surface area contributed by atoms with E-state index in [1.165, 1.54) is 0 Å². The fourth-order valence-corrected chi connectivity index (χ4v) is 2.70. The third-order valence-corrected chi connectivity index (χ3v) is 4.07. The van der Waals surface area contributed by atoms with E-state index < -0.39 is 0 Å². The summed E-state index contributed by atoms with van der Waals surface area (Å²) in [5.74, 6) is 0.602. The van der Waals surface area contributed by atoms with Crippen LogP contribution in [0.25, 0.3) is 10.9 Å². The van der Waals surface area contributed by atoms with E-state index in [0.717, 1.165) is 22.2 Å². The highest BCUT2D eigenvalue weighted by atomic mass is 16.5. The molecule has 5 heteroatoms. The summed E-state index contributed by atoms with van der Waals surface area (Å²) in [6.07, 6.45) is 0.633. The number of aromatic amines is 1. The Morgan fingerprint density at radius 3 is 2.60 bits per heavy atom. The third kappa shape index (κ3) is 4.07. The molecule has 0 saturated carbocycles. The molecule has 2 aromatic carbocycles. The number of nitrogens with one attached hydrogen (secondary N) is 2. The summed E-state index contributed by atoms with van der Waals surface area (Å²) in [5, 5.41) is 3.80. The van der Waals surface area contributed by atoms with Gasteiger partial charge in [-0.25, -0.2) is 0 Å². The lowest BCUT2D eigenvalue weighted by Gasteiger charge is -2.07. The topological polar surface area (TPSA) is 71.2 Å². The number of aromatic nitrogens is 1. The second-order valence-electron chi connectivity index (χ2n) is 5.99. The first-order chi connectivity index (χ1) is 12.0. The van der Waals surface area contributed by atoms with Crippen molar-refractivity contribution in [3.63, 3.8) is 0 Å². The first kappa shape index (κ1) is 16.8. The van der Waals surface area contributed by atoms with Gasteiger partial charge in [0.15, 0.2) is 0 Å². The summed E-state index contributed by atoms with van der Waals surface area (Å²) in [7, 11) is 1.59. The van der Waals surface area contributed by atoms with Gasteiger partial charge in [-0.3, -0.25) is 9.59 Å². The van der Waals surface area contributed by atoms with Crippen molar-refractivity contribution in [3.8, 4) is 5.75 Å². The fourth-order valence-electron chi connectivity index (χ4n) is 2.70. The molecule has 2 N–H and O–H groups in total. The zero-order valence-electron chi connectivity index (χ0n) is 14.3. The molecule has 25 heavy (non-hydrogen) atoms. The molecule has 0 aliphatic rings. The summed E-state index contributed by atoms with van der Waals surface area (Å²) in [4.78, 5) is 27.1. The Hall–Kier alpha value is -3.08. The molecular formula is C20H20N2O3. The Balaban J connectivity index is 1.67. The number of fused-ring (bicyclic) bond motifs is 1. The minimum absolute atomic E-state index is 0.131. The van der Waals surface area contributed by atoms with E-state index in [1.54, 1.807) is 31.4 Å². The molecule has 5 nitrogen and oxygen atoms in total. The Bertz CT molecular complexity index is 959. The lowest BCUT2D eigenvalue weighted by molar-refractivity contribution is -0.116. The maximum atomic E-state index is 12.2. The number of methoxy groups -OCH3 is 1. The van der Waals surface area contributed by atoms with Gasteiger partial charge in [-0.05, 0) is 61.2 Å². The van der Waals surface area contributed by atoms with Gasteiger partial charge < -0.3 is 15.0 Å². The number of anilines is 1. The van der Waals surface area contributed by atoms with Crippen molar-refractivity contribution in [1.29, 1.82) is 0 Å². The summed E-state index contributed by atoms with van der Waals surface area (Å²) in [5.41, 5.74) is 3.11. The van der Waals surface area contributed by atoms with Gasteiger partial charge in [-0.15, -0.1) is 0 Å². The number of ether oxygens (including phenoxy) is 1. The molecular weight excluding hydrogens is 316 g/mol. The number of H-pyrrole nitrogens is 1. The van der Waals surface area contributed by atoms with E-state index in [2.05, 4.69) is 10.3 Å². The van der Waals surface area contributed by atoms with Gasteiger partial charge in [-0.2, -0.15) is 0 Å². The average molecular weight is 336 g/mol. The van der Waals surface area contributed by atoms with E-state index in [0.29, 0.717) is 17.7 Å². The number of pyridine rings is 1.